The fraction of sp³-hybridized carbons (Fsp3) is 0.298. The van der Waals surface area contributed by atoms with Gasteiger partial charge in [0.25, 0.3) is 0 Å². The molecule has 4 aromatic carbocycles. The molecule has 0 radical (unpaired) electrons. The van der Waals surface area contributed by atoms with E-state index in [0.717, 1.165) is 83.4 Å². The summed E-state index contributed by atoms with van der Waals surface area (Å²) in [5.74, 6) is 2.83. The molecule has 2 aliphatic carbocycles. The molecule has 10 aromatic rings. The number of halogens is 6. The number of imidazole rings is 2. The molecule has 4 aliphatic heterocycles. The zero-order chi connectivity index (χ0) is 53.8. The minimum atomic E-state index is -2.98. The number of ether oxygens (including phenoxy) is 2. The Balaban J connectivity index is 0.000000137. The first-order chi connectivity index (χ1) is 38.2. The van der Waals surface area contributed by atoms with E-state index in [1.54, 1.807) is 43.0 Å². The molecule has 22 heteroatoms. The lowest BCUT2D eigenvalue weighted by Crippen LogP contribution is -2.44. The largest absolute Gasteiger partial charge is 0.434 e. The molecule has 0 spiro atoms. The Morgan fingerprint density at radius 3 is 1.57 bits per heavy atom. The van der Waals surface area contributed by atoms with Crippen LogP contribution in [-0.2, 0) is 11.1 Å². The highest BCUT2D eigenvalue weighted by atomic mass is 19.3. The van der Waals surface area contributed by atoms with Crippen molar-refractivity contribution in [2.75, 3.05) is 0 Å². The fourth-order valence-electron chi connectivity index (χ4n) is 13.2. The molecule has 2 fully saturated rings. The lowest BCUT2D eigenvalue weighted by Gasteiger charge is -2.37. The molecule has 0 unspecified atom stereocenters. The SMILES string of the molecule is Cc1nnc2n1[C@@H]1C[C@H](c3c(OC(F)F)cccc3-2)n2c1nc1ccc(-c3cnc(C4(N)CCC4)c(F)c3)cc12.NC1(c2ncc(-c3ccc4nc5n(c4c3)[C@@H]3C[C@H]5n4cnnc4-c4cccc(OC(F)F)c43)cc2F)CCC1. The Bertz CT molecular complexity index is 4160. The van der Waals surface area contributed by atoms with Gasteiger partial charge in [-0.1, -0.05) is 36.4 Å². The molecule has 6 aromatic heterocycles. The number of fused-ring (bicyclic) bond motifs is 12. The lowest BCUT2D eigenvalue weighted by atomic mass is 9.75. The number of rotatable bonds is 8. The quantitative estimate of drug-likeness (QED) is 0.137. The van der Waals surface area contributed by atoms with Gasteiger partial charge in [-0.05, 0) is 105 Å². The maximum atomic E-state index is 15.2. The average molecular weight is 1070 g/mol. The van der Waals surface area contributed by atoms with E-state index in [4.69, 9.17) is 30.9 Å². The highest BCUT2D eigenvalue weighted by Gasteiger charge is 2.46. The molecule has 398 valence electrons. The van der Waals surface area contributed by atoms with Crippen molar-refractivity contribution in [2.45, 2.75) is 107 Å². The van der Waals surface area contributed by atoms with Gasteiger partial charge in [0, 0.05) is 58.6 Å². The van der Waals surface area contributed by atoms with Crippen LogP contribution in [0.25, 0.3) is 67.1 Å². The van der Waals surface area contributed by atoms with Crippen LogP contribution in [0.2, 0.25) is 0 Å². The van der Waals surface area contributed by atoms with Gasteiger partial charge in [-0.25, -0.2) is 18.7 Å². The summed E-state index contributed by atoms with van der Waals surface area (Å²) in [7, 11) is 0. The summed E-state index contributed by atoms with van der Waals surface area (Å²) in [6.07, 6.45) is 10.9. The summed E-state index contributed by atoms with van der Waals surface area (Å²) >= 11 is 0. The lowest BCUT2D eigenvalue weighted by molar-refractivity contribution is -0.0513. The third-order valence-electron chi connectivity index (χ3n) is 17.1. The van der Waals surface area contributed by atoms with E-state index in [1.807, 2.05) is 64.6 Å². The molecule has 10 heterocycles. The maximum Gasteiger partial charge on any atom is 0.387 e. The second-order valence-electron chi connectivity index (χ2n) is 21.4. The van der Waals surface area contributed by atoms with Crippen LogP contribution in [0.4, 0.5) is 26.3 Å². The fourth-order valence-corrected chi connectivity index (χ4v) is 13.2. The molecule has 2 saturated carbocycles. The molecule has 4 bridgehead atoms. The Morgan fingerprint density at radius 2 is 1.08 bits per heavy atom. The van der Waals surface area contributed by atoms with Crippen molar-refractivity contribution in [1.29, 1.82) is 0 Å². The predicted octanol–water partition coefficient (Wildman–Crippen LogP) is 11.0. The molecular formula is C57H46F6N14O2. The van der Waals surface area contributed by atoms with Gasteiger partial charge in [0.15, 0.2) is 11.6 Å². The molecule has 6 aliphatic rings. The minimum Gasteiger partial charge on any atom is -0.434 e. The third-order valence-corrected chi connectivity index (χ3v) is 17.1. The standard InChI is InChI=1S/C29H24F3N7O.C28H22F3N7O/c1-14-36-37-26-17-4-2-5-23(40-28(31)32)24(17)21-12-22(38(14)26)27-35-19-7-6-15(11-20(19)39(21)27)16-10-18(30)25(34-13-16)29(33)8-3-9-29;29-17-9-15(12-33-24(17)28(32)7-2-8-28)14-5-6-18-19(10-14)38-20-11-21(26(38)35-18)37-13-34-36-25(37)16-3-1-4-22(23(16)20)39-27(30)31/h2,4-7,10-11,13,21-22,28H,3,8-9,12,33H2,1H3;1,3-6,9-10,12-13,20-21,27H,2,7-8,11,32H2/t21-,22-;20-,21-/m11/s1. The predicted molar refractivity (Wildman–Crippen MR) is 276 cm³/mol. The van der Waals surface area contributed by atoms with Crippen molar-refractivity contribution in [2.24, 2.45) is 11.5 Å². The highest BCUT2D eigenvalue weighted by molar-refractivity contribution is 5.86. The summed E-state index contributed by atoms with van der Waals surface area (Å²) < 4.78 is 102. The van der Waals surface area contributed by atoms with Crippen LogP contribution in [0.3, 0.4) is 0 Å². The van der Waals surface area contributed by atoms with Crippen molar-refractivity contribution in [3.8, 4) is 56.5 Å². The number of hydrogen-bond donors (Lipinski definition) is 2. The van der Waals surface area contributed by atoms with Crippen LogP contribution >= 0.6 is 0 Å². The zero-order valence-corrected chi connectivity index (χ0v) is 42.0. The molecule has 0 saturated heterocycles. The van der Waals surface area contributed by atoms with E-state index in [1.165, 1.54) is 12.1 Å². The van der Waals surface area contributed by atoms with E-state index in [2.05, 4.69) is 39.5 Å². The maximum absolute atomic E-state index is 15.2. The van der Waals surface area contributed by atoms with Gasteiger partial charge < -0.3 is 39.2 Å². The normalized spacial score (nSPS) is 20.2. The molecule has 4 N–H and O–H groups in total. The van der Waals surface area contributed by atoms with Crippen molar-refractivity contribution >= 4 is 22.1 Å². The van der Waals surface area contributed by atoms with Crippen LogP contribution in [0.1, 0.15) is 116 Å². The van der Waals surface area contributed by atoms with Gasteiger partial charge in [-0.3, -0.25) is 9.97 Å². The van der Waals surface area contributed by atoms with Crippen molar-refractivity contribution in [1.82, 2.24) is 58.6 Å². The Morgan fingerprint density at radius 1 is 0.570 bits per heavy atom. The summed E-state index contributed by atoms with van der Waals surface area (Å²) in [5, 5.41) is 17.1. The molecular weight excluding hydrogens is 1030 g/mol. The smallest absolute Gasteiger partial charge is 0.387 e. The van der Waals surface area contributed by atoms with Crippen LogP contribution < -0.4 is 20.9 Å². The number of alkyl halides is 4. The van der Waals surface area contributed by atoms with Crippen LogP contribution in [-0.4, -0.2) is 71.8 Å². The van der Waals surface area contributed by atoms with E-state index < -0.39 is 35.9 Å². The third kappa shape index (κ3) is 7.15. The number of hydrogen-bond acceptors (Lipinski definition) is 12. The topological polar surface area (TPSA) is 193 Å². The first kappa shape index (κ1) is 47.7. The summed E-state index contributed by atoms with van der Waals surface area (Å²) in [6, 6.07) is 23.6. The van der Waals surface area contributed by atoms with Gasteiger partial charge in [-0.2, -0.15) is 17.6 Å². The van der Waals surface area contributed by atoms with Crippen molar-refractivity contribution in [3.63, 3.8) is 0 Å². The number of aryl methyl sites for hydroxylation is 1. The van der Waals surface area contributed by atoms with Crippen LogP contribution in [0.5, 0.6) is 11.5 Å². The van der Waals surface area contributed by atoms with Gasteiger partial charge in [0.2, 0.25) is 0 Å². The number of nitrogens with zero attached hydrogens (tertiary/aromatic N) is 12. The first-order valence-corrected chi connectivity index (χ1v) is 26.1. The van der Waals surface area contributed by atoms with Gasteiger partial charge >= 0.3 is 13.2 Å². The second kappa shape index (κ2) is 17.2. The van der Waals surface area contributed by atoms with Crippen molar-refractivity contribution < 1.29 is 35.8 Å². The van der Waals surface area contributed by atoms with Gasteiger partial charge in [0.05, 0.1) is 68.7 Å². The zero-order valence-electron chi connectivity index (χ0n) is 42.0. The van der Waals surface area contributed by atoms with E-state index >= 15 is 8.78 Å². The molecule has 16 rings (SSSR count). The number of benzene rings is 4. The molecule has 0 amide bonds. The van der Waals surface area contributed by atoms with E-state index in [9.17, 15) is 17.6 Å². The summed E-state index contributed by atoms with van der Waals surface area (Å²) in [6.45, 7) is -4.08. The summed E-state index contributed by atoms with van der Waals surface area (Å²) in [4.78, 5) is 18.7. The Hall–Kier alpha value is -8.50. The van der Waals surface area contributed by atoms with Crippen molar-refractivity contribution in [3.05, 3.63) is 155 Å². The minimum absolute atomic E-state index is 0.0992. The van der Waals surface area contributed by atoms with E-state index in [0.29, 0.717) is 75.1 Å². The first-order valence-electron chi connectivity index (χ1n) is 26.1. The average Bonchev–Trinajstić information content (AvgIpc) is 2.67. The number of pyridine rings is 2. The summed E-state index contributed by atoms with van der Waals surface area (Å²) in [5.41, 5.74) is 20.4. The van der Waals surface area contributed by atoms with Crippen LogP contribution in [0, 0.1) is 18.6 Å². The second-order valence-corrected chi connectivity index (χ2v) is 21.4. The monoisotopic (exact) mass is 1070 g/mol. The van der Waals surface area contributed by atoms with Crippen LogP contribution in [0.15, 0.2) is 104 Å². The van der Waals surface area contributed by atoms with Gasteiger partial charge in [0.1, 0.15) is 46.9 Å². The number of nitrogens with two attached hydrogens (primary N) is 2. The Kier molecular flexibility index (Phi) is 10.4. The molecule has 79 heavy (non-hydrogen) atoms. The highest BCUT2D eigenvalue weighted by Crippen LogP contribution is 2.54. The Labute approximate surface area is 445 Å². The molecule has 16 nitrogen and oxygen atoms in total. The number of aromatic nitrogens is 12. The van der Waals surface area contributed by atoms with Gasteiger partial charge in [-0.15, -0.1) is 20.4 Å². The molecule has 4 atom stereocenters. The van der Waals surface area contributed by atoms with E-state index in [-0.39, 0.29) is 35.7 Å².